The highest BCUT2D eigenvalue weighted by Crippen LogP contribution is 2.36. The summed E-state index contributed by atoms with van der Waals surface area (Å²) in [5.41, 5.74) is 5.41. The Balaban J connectivity index is 1.36. The van der Waals surface area contributed by atoms with Gasteiger partial charge in [-0.05, 0) is 18.4 Å². The fourth-order valence-corrected chi connectivity index (χ4v) is 3.75. The minimum atomic E-state index is 0.706. The van der Waals surface area contributed by atoms with E-state index in [1.807, 2.05) is 18.6 Å². The molecule has 8 nitrogen and oxygen atoms in total. The van der Waals surface area contributed by atoms with Crippen molar-refractivity contribution in [3.63, 3.8) is 0 Å². The van der Waals surface area contributed by atoms with Crippen LogP contribution in [-0.4, -0.2) is 69.4 Å². The molecule has 1 saturated heterocycles. The third kappa shape index (κ3) is 2.81. The van der Waals surface area contributed by atoms with E-state index in [-0.39, 0.29) is 0 Å². The monoisotopic (exact) mass is 351 g/mol. The van der Waals surface area contributed by atoms with Crippen LogP contribution in [0.2, 0.25) is 0 Å². The van der Waals surface area contributed by atoms with E-state index in [2.05, 4.69) is 30.4 Å². The van der Waals surface area contributed by atoms with E-state index >= 15 is 0 Å². The number of aromatic nitrogens is 5. The van der Waals surface area contributed by atoms with E-state index in [1.54, 1.807) is 0 Å². The molecular weight excluding hydrogens is 330 g/mol. The van der Waals surface area contributed by atoms with E-state index in [0.29, 0.717) is 5.95 Å². The molecule has 26 heavy (non-hydrogen) atoms. The molecule has 1 aliphatic heterocycles. The Hall–Kier alpha value is -2.58. The van der Waals surface area contributed by atoms with E-state index in [9.17, 15) is 0 Å². The molecule has 0 atom stereocenters. The number of nitrogens with one attached hydrogen (secondary N) is 2. The van der Waals surface area contributed by atoms with Crippen molar-refractivity contribution in [3.8, 4) is 11.1 Å². The topological polar surface area (TPSA) is 91.8 Å². The predicted molar refractivity (Wildman–Crippen MR) is 98.1 cm³/mol. The van der Waals surface area contributed by atoms with Gasteiger partial charge in [-0.15, -0.1) is 0 Å². The Morgan fingerprint density at radius 3 is 2.96 bits per heavy atom. The summed E-state index contributed by atoms with van der Waals surface area (Å²) >= 11 is 0. The Labute approximate surface area is 151 Å². The number of aromatic amines is 1. The summed E-state index contributed by atoms with van der Waals surface area (Å²) < 4.78 is 5.38. The lowest BCUT2D eigenvalue weighted by molar-refractivity contribution is 0.0398. The summed E-state index contributed by atoms with van der Waals surface area (Å²) in [5, 5.41) is 11.5. The molecule has 0 aromatic carbocycles. The highest BCUT2D eigenvalue weighted by Gasteiger charge is 2.22. The van der Waals surface area contributed by atoms with Crippen LogP contribution in [0.5, 0.6) is 0 Å². The van der Waals surface area contributed by atoms with Crippen molar-refractivity contribution in [1.29, 1.82) is 0 Å². The largest absolute Gasteiger partial charge is 0.379 e. The maximum Gasteiger partial charge on any atom is 0.222 e. The van der Waals surface area contributed by atoms with E-state index in [4.69, 9.17) is 9.72 Å². The van der Waals surface area contributed by atoms with Gasteiger partial charge in [0.2, 0.25) is 5.95 Å². The lowest BCUT2D eigenvalue weighted by Gasteiger charge is -2.26. The first-order valence-corrected chi connectivity index (χ1v) is 9.10. The normalized spacial score (nSPS) is 17.1. The van der Waals surface area contributed by atoms with E-state index in [1.165, 1.54) is 11.1 Å². The number of nitrogens with zero attached hydrogens (tertiary/aromatic N) is 5. The van der Waals surface area contributed by atoms with Gasteiger partial charge in [0, 0.05) is 55.1 Å². The second-order valence-corrected chi connectivity index (χ2v) is 6.73. The van der Waals surface area contributed by atoms with Crippen molar-refractivity contribution < 1.29 is 4.74 Å². The number of ether oxygens (including phenoxy) is 1. The third-order valence-corrected chi connectivity index (χ3v) is 5.14. The quantitative estimate of drug-likeness (QED) is 0.731. The van der Waals surface area contributed by atoms with Crippen molar-refractivity contribution in [2.75, 3.05) is 44.7 Å². The molecule has 0 amide bonds. The van der Waals surface area contributed by atoms with Crippen molar-refractivity contribution in [1.82, 2.24) is 30.0 Å². The maximum absolute atomic E-state index is 5.38. The molecule has 4 heterocycles. The van der Waals surface area contributed by atoms with Crippen molar-refractivity contribution in [2.24, 2.45) is 0 Å². The van der Waals surface area contributed by atoms with Gasteiger partial charge in [-0.25, -0.2) is 15.0 Å². The molecule has 3 aromatic heterocycles. The number of pyridine rings is 1. The van der Waals surface area contributed by atoms with Crippen LogP contribution in [0.15, 0.2) is 18.6 Å². The van der Waals surface area contributed by atoms with Gasteiger partial charge in [0.1, 0.15) is 0 Å². The number of rotatable bonds is 4. The fraction of sp³-hybridized carbons (Fsp3) is 0.444. The predicted octanol–water partition coefficient (Wildman–Crippen LogP) is 1.26. The first-order chi connectivity index (χ1) is 12.9. The second kappa shape index (κ2) is 6.62. The summed E-state index contributed by atoms with van der Waals surface area (Å²) in [7, 11) is 0. The van der Waals surface area contributed by atoms with Gasteiger partial charge in [-0.2, -0.15) is 5.10 Å². The minimum absolute atomic E-state index is 0.706. The lowest BCUT2D eigenvalue weighted by atomic mass is 9.89. The minimum Gasteiger partial charge on any atom is -0.379 e. The average molecular weight is 351 g/mol. The molecular formula is C18H21N7O. The summed E-state index contributed by atoms with van der Waals surface area (Å²) in [6, 6.07) is 0. The zero-order chi connectivity index (χ0) is 17.3. The number of hydrogen-bond donors (Lipinski definition) is 2. The Bertz CT molecular complexity index is 932. The van der Waals surface area contributed by atoms with Gasteiger partial charge in [-0.1, -0.05) is 0 Å². The Kier molecular flexibility index (Phi) is 3.99. The molecule has 0 bridgehead atoms. The molecule has 2 aliphatic rings. The molecule has 2 N–H and O–H groups in total. The van der Waals surface area contributed by atoms with Crippen LogP contribution in [-0.2, 0) is 17.6 Å². The zero-order valence-corrected chi connectivity index (χ0v) is 14.5. The smallest absolute Gasteiger partial charge is 0.222 e. The van der Waals surface area contributed by atoms with E-state index < -0.39 is 0 Å². The Morgan fingerprint density at radius 2 is 2.04 bits per heavy atom. The molecule has 5 rings (SSSR count). The van der Waals surface area contributed by atoms with E-state index in [0.717, 1.165) is 74.5 Å². The van der Waals surface area contributed by atoms with Crippen molar-refractivity contribution >= 4 is 17.0 Å². The van der Waals surface area contributed by atoms with Gasteiger partial charge < -0.3 is 10.1 Å². The van der Waals surface area contributed by atoms with Crippen LogP contribution in [0.4, 0.5) is 5.95 Å². The molecule has 0 saturated carbocycles. The number of fused-ring (bicyclic) bond motifs is 5. The van der Waals surface area contributed by atoms with Crippen molar-refractivity contribution in [2.45, 2.75) is 12.8 Å². The maximum atomic E-state index is 5.38. The zero-order valence-electron chi connectivity index (χ0n) is 14.5. The Morgan fingerprint density at radius 1 is 1.12 bits per heavy atom. The van der Waals surface area contributed by atoms with Crippen LogP contribution >= 0.6 is 0 Å². The van der Waals surface area contributed by atoms with Gasteiger partial charge in [0.15, 0.2) is 5.65 Å². The lowest BCUT2D eigenvalue weighted by Crippen LogP contribution is -2.39. The highest BCUT2D eigenvalue weighted by atomic mass is 16.5. The molecule has 1 fully saturated rings. The summed E-state index contributed by atoms with van der Waals surface area (Å²) in [6.07, 6.45) is 7.57. The summed E-state index contributed by atoms with van der Waals surface area (Å²) in [5.74, 6) is 0.706. The van der Waals surface area contributed by atoms with Crippen LogP contribution in [0.3, 0.4) is 0 Å². The molecule has 8 heteroatoms. The number of hydrogen-bond acceptors (Lipinski definition) is 7. The van der Waals surface area contributed by atoms with Crippen molar-refractivity contribution in [3.05, 3.63) is 29.8 Å². The molecule has 0 radical (unpaired) electrons. The average Bonchev–Trinajstić information content (AvgIpc) is 3.17. The van der Waals surface area contributed by atoms with Crippen LogP contribution in [0.25, 0.3) is 22.2 Å². The number of aryl methyl sites for hydroxylation is 2. The first kappa shape index (κ1) is 15.7. The molecule has 1 aliphatic carbocycles. The first-order valence-electron chi connectivity index (χ1n) is 9.10. The number of morpholine rings is 1. The third-order valence-electron chi connectivity index (χ3n) is 5.14. The SMILES string of the molecule is c1nc2[nH]ncc2c2c1CCc1nc(NCCN3CCOCC3)ncc1-2. The van der Waals surface area contributed by atoms with Crippen LogP contribution in [0, 0.1) is 0 Å². The van der Waals surface area contributed by atoms with Gasteiger partial charge in [0.05, 0.1) is 25.1 Å². The standard InChI is InChI=1S/C18H21N7O/c1-2-15-13(16-12(1)9-20-17-14(16)11-22-24-17)10-21-18(23-15)19-3-4-25-5-7-26-8-6-25/h9-11H,1-8H2,(H,19,21,23)(H,20,22,24). The summed E-state index contributed by atoms with van der Waals surface area (Å²) in [4.78, 5) is 16.2. The molecule has 0 unspecified atom stereocenters. The van der Waals surface area contributed by atoms with Crippen LogP contribution < -0.4 is 5.32 Å². The van der Waals surface area contributed by atoms with Gasteiger partial charge in [-0.3, -0.25) is 10.00 Å². The molecule has 3 aromatic rings. The highest BCUT2D eigenvalue weighted by molar-refractivity contribution is 5.95. The number of H-pyrrole nitrogens is 1. The second-order valence-electron chi connectivity index (χ2n) is 6.73. The number of anilines is 1. The summed E-state index contributed by atoms with van der Waals surface area (Å²) in [6.45, 7) is 5.47. The van der Waals surface area contributed by atoms with Crippen LogP contribution in [0.1, 0.15) is 11.3 Å². The van der Waals surface area contributed by atoms with Gasteiger partial charge in [0.25, 0.3) is 0 Å². The molecule has 134 valence electrons. The fourth-order valence-electron chi connectivity index (χ4n) is 3.75. The molecule has 0 spiro atoms. The van der Waals surface area contributed by atoms with Gasteiger partial charge >= 0.3 is 0 Å².